The first-order valence-corrected chi connectivity index (χ1v) is 10.3. The number of fused-ring (bicyclic) bond motifs is 3. The van der Waals surface area contributed by atoms with Crippen molar-refractivity contribution in [3.63, 3.8) is 0 Å². The van der Waals surface area contributed by atoms with Gasteiger partial charge in [0, 0.05) is 37.4 Å². The Hall–Kier alpha value is -2.85. The van der Waals surface area contributed by atoms with Crippen LogP contribution in [0.1, 0.15) is 26.1 Å². The first-order valence-electron chi connectivity index (χ1n) is 10.3. The van der Waals surface area contributed by atoms with Gasteiger partial charge in [-0.05, 0) is 20.3 Å². The van der Waals surface area contributed by atoms with Crippen molar-refractivity contribution in [2.24, 2.45) is 5.41 Å². The van der Waals surface area contributed by atoms with E-state index in [1.54, 1.807) is 12.4 Å². The third-order valence-corrected chi connectivity index (χ3v) is 6.38. The molecule has 0 unspecified atom stereocenters. The fraction of sp³-hybridized carbons (Fsp3) is 0.550. The molecule has 2 saturated heterocycles. The third-order valence-electron chi connectivity index (χ3n) is 6.38. The number of nitrogens with zero attached hydrogens (tertiary/aromatic N) is 7. The summed E-state index contributed by atoms with van der Waals surface area (Å²) in [5.74, 6) is 2.54. The van der Waals surface area contributed by atoms with Gasteiger partial charge >= 0.3 is 0 Å². The van der Waals surface area contributed by atoms with Crippen molar-refractivity contribution < 1.29 is 9.47 Å². The molecule has 0 amide bonds. The molecule has 3 aromatic heterocycles. The van der Waals surface area contributed by atoms with Crippen molar-refractivity contribution in [1.29, 1.82) is 0 Å². The quantitative estimate of drug-likeness (QED) is 0.670. The smallest absolute Gasteiger partial charge is 0.219 e. The molecule has 6 heterocycles. The summed E-state index contributed by atoms with van der Waals surface area (Å²) in [6, 6.07) is 0. The summed E-state index contributed by atoms with van der Waals surface area (Å²) in [5, 5.41) is 0. The second-order valence-corrected chi connectivity index (χ2v) is 8.98. The zero-order valence-corrected chi connectivity index (χ0v) is 17.1. The van der Waals surface area contributed by atoms with Crippen LogP contribution in [0, 0.1) is 5.41 Å². The number of imidazole rings is 1. The number of rotatable bonds is 2. The molecule has 3 aliphatic rings. The largest absolute Gasteiger partial charge is 0.380 e. The lowest BCUT2D eigenvalue weighted by molar-refractivity contribution is -0.0985. The van der Waals surface area contributed by atoms with Crippen LogP contribution in [0.5, 0.6) is 0 Å². The van der Waals surface area contributed by atoms with Crippen molar-refractivity contribution in [3.05, 3.63) is 18.2 Å². The van der Waals surface area contributed by atoms with Crippen LogP contribution < -0.4 is 10.6 Å². The van der Waals surface area contributed by atoms with Gasteiger partial charge in [0.1, 0.15) is 11.4 Å². The molecular weight excluding hydrogens is 384 g/mol. The highest BCUT2D eigenvalue weighted by Crippen LogP contribution is 2.41. The van der Waals surface area contributed by atoms with Gasteiger partial charge in [0.25, 0.3) is 0 Å². The second kappa shape index (κ2) is 6.08. The summed E-state index contributed by atoms with van der Waals surface area (Å²) in [7, 11) is 0. The van der Waals surface area contributed by atoms with Crippen LogP contribution in [0.3, 0.4) is 0 Å². The molecular formula is C20H24N8O2. The molecule has 30 heavy (non-hydrogen) atoms. The Morgan fingerprint density at radius 3 is 2.57 bits per heavy atom. The van der Waals surface area contributed by atoms with Crippen LogP contribution in [-0.2, 0) is 21.6 Å². The minimum absolute atomic E-state index is 0.229. The van der Waals surface area contributed by atoms with E-state index in [4.69, 9.17) is 30.2 Å². The Morgan fingerprint density at radius 1 is 1.07 bits per heavy atom. The van der Waals surface area contributed by atoms with Crippen LogP contribution in [0.15, 0.2) is 12.4 Å². The first kappa shape index (κ1) is 18.0. The molecule has 0 bridgehead atoms. The van der Waals surface area contributed by atoms with Crippen LogP contribution in [-0.4, -0.2) is 62.4 Å². The second-order valence-electron chi connectivity index (χ2n) is 8.98. The van der Waals surface area contributed by atoms with Gasteiger partial charge in [-0.2, -0.15) is 0 Å². The minimum atomic E-state index is -0.477. The van der Waals surface area contributed by atoms with Gasteiger partial charge in [-0.25, -0.2) is 24.9 Å². The van der Waals surface area contributed by atoms with Gasteiger partial charge < -0.3 is 24.7 Å². The maximum atomic E-state index is 5.98. The first-order chi connectivity index (χ1) is 14.4. The van der Waals surface area contributed by atoms with Crippen molar-refractivity contribution in [2.75, 3.05) is 43.5 Å². The van der Waals surface area contributed by atoms with E-state index in [0.717, 1.165) is 61.1 Å². The van der Waals surface area contributed by atoms with Crippen LogP contribution in [0.4, 0.5) is 11.8 Å². The van der Waals surface area contributed by atoms with Crippen LogP contribution >= 0.6 is 0 Å². The van der Waals surface area contributed by atoms with Gasteiger partial charge in [0.2, 0.25) is 5.95 Å². The fourth-order valence-electron chi connectivity index (χ4n) is 4.66. The molecule has 3 aromatic rings. The average Bonchev–Trinajstić information content (AvgIpc) is 3.31. The number of ether oxygens (including phenoxy) is 2. The molecule has 2 fully saturated rings. The zero-order chi connectivity index (χ0) is 20.5. The Kier molecular flexibility index (Phi) is 3.64. The average molecular weight is 408 g/mol. The Morgan fingerprint density at radius 2 is 1.87 bits per heavy atom. The van der Waals surface area contributed by atoms with E-state index in [9.17, 15) is 0 Å². The summed E-state index contributed by atoms with van der Waals surface area (Å²) in [4.78, 5) is 25.4. The van der Waals surface area contributed by atoms with E-state index in [-0.39, 0.29) is 11.4 Å². The summed E-state index contributed by atoms with van der Waals surface area (Å²) in [6.45, 7) is 8.89. The van der Waals surface area contributed by atoms with Gasteiger partial charge in [0.05, 0.1) is 25.4 Å². The molecule has 0 aromatic carbocycles. The standard InChI is InChI=1S/C20H24N8O2/c1-19(2)17-24-13-15(27-4-3-20(9-27)10-29-11-20)25-14(12-7-22-18(21)23-8-12)26-16(13)28(17)5-6-30-19/h7-8H,3-6,9-11H2,1-2H3,(H2,21,22,23). The number of aromatic nitrogens is 6. The van der Waals surface area contributed by atoms with E-state index in [2.05, 4.69) is 19.4 Å². The monoisotopic (exact) mass is 408 g/mol. The Bertz CT molecular complexity index is 1140. The lowest BCUT2D eigenvalue weighted by atomic mass is 9.85. The van der Waals surface area contributed by atoms with Crippen molar-refractivity contribution in [1.82, 2.24) is 29.5 Å². The van der Waals surface area contributed by atoms with E-state index in [0.29, 0.717) is 19.0 Å². The normalized spacial score (nSPS) is 21.7. The van der Waals surface area contributed by atoms with E-state index >= 15 is 0 Å². The van der Waals surface area contributed by atoms with Crippen molar-refractivity contribution in [2.45, 2.75) is 32.4 Å². The molecule has 156 valence electrons. The lowest BCUT2D eigenvalue weighted by Gasteiger charge is -2.37. The summed E-state index contributed by atoms with van der Waals surface area (Å²) in [6.07, 6.45) is 4.43. The Balaban J connectivity index is 1.55. The lowest BCUT2D eigenvalue weighted by Crippen LogP contribution is -2.44. The SMILES string of the molecule is CC1(C)OCCn2c1nc1c(N3CCC4(COC4)C3)nc(-c3cnc(N)nc3)nc12. The highest BCUT2D eigenvalue weighted by Gasteiger charge is 2.45. The maximum Gasteiger partial charge on any atom is 0.219 e. The molecule has 2 N–H and O–H groups in total. The van der Waals surface area contributed by atoms with Crippen LogP contribution in [0.25, 0.3) is 22.6 Å². The molecule has 0 atom stereocenters. The molecule has 1 spiro atoms. The third kappa shape index (κ3) is 2.60. The van der Waals surface area contributed by atoms with Gasteiger partial charge in [-0.15, -0.1) is 0 Å². The number of nitrogen functional groups attached to an aromatic ring is 1. The van der Waals surface area contributed by atoms with Gasteiger partial charge in [0.15, 0.2) is 22.8 Å². The summed E-state index contributed by atoms with van der Waals surface area (Å²) in [5.41, 5.74) is 7.81. The number of hydrogen-bond donors (Lipinski definition) is 1. The highest BCUT2D eigenvalue weighted by atomic mass is 16.5. The maximum absolute atomic E-state index is 5.98. The highest BCUT2D eigenvalue weighted by molar-refractivity contribution is 5.86. The van der Waals surface area contributed by atoms with Gasteiger partial charge in [-0.3, -0.25) is 0 Å². The van der Waals surface area contributed by atoms with Crippen molar-refractivity contribution in [3.8, 4) is 11.4 Å². The van der Waals surface area contributed by atoms with E-state index < -0.39 is 5.60 Å². The fourth-order valence-corrected chi connectivity index (χ4v) is 4.66. The number of nitrogens with two attached hydrogens (primary N) is 1. The molecule has 10 nitrogen and oxygen atoms in total. The molecule has 0 aliphatic carbocycles. The Labute approximate surface area is 173 Å². The predicted molar refractivity (Wildman–Crippen MR) is 110 cm³/mol. The number of hydrogen-bond acceptors (Lipinski definition) is 9. The molecule has 6 rings (SSSR count). The molecule has 0 saturated carbocycles. The van der Waals surface area contributed by atoms with Crippen LogP contribution in [0.2, 0.25) is 0 Å². The van der Waals surface area contributed by atoms with Gasteiger partial charge in [-0.1, -0.05) is 0 Å². The molecule has 10 heteroatoms. The van der Waals surface area contributed by atoms with E-state index in [1.807, 2.05) is 13.8 Å². The zero-order valence-electron chi connectivity index (χ0n) is 17.1. The number of anilines is 2. The van der Waals surface area contributed by atoms with E-state index in [1.165, 1.54) is 0 Å². The topological polar surface area (TPSA) is 117 Å². The predicted octanol–water partition coefficient (Wildman–Crippen LogP) is 1.36. The minimum Gasteiger partial charge on any atom is -0.380 e. The molecule has 0 radical (unpaired) electrons. The van der Waals surface area contributed by atoms with Crippen molar-refractivity contribution >= 4 is 22.9 Å². The summed E-state index contributed by atoms with van der Waals surface area (Å²) >= 11 is 0. The summed E-state index contributed by atoms with van der Waals surface area (Å²) < 4.78 is 13.6. The molecule has 3 aliphatic heterocycles.